The van der Waals surface area contributed by atoms with Gasteiger partial charge in [0.15, 0.2) is 6.61 Å². The van der Waals surface area contributed by atoms with Crippen LogP contribution in [0.15, 0.2) is 42.6 Å². The number of halogens is 1. The second-order valence-corrected chi connectivity index (χ2v) is 7.52. The van der Waals surface area contributed by atoms with E-state index in [2.05, 4.69) is 36.4 Å². The van der Waals surface area contributed by atoms with Crippen LogP contribution in [0.3, 0.4) is 0 Å². The van der Waals surface area contributed by atoms with Crippen molar-refractivity contribution < 1.29 is 19.1 Å². The van der Waals surface area contributed by atoms with Crippen LogP contribution in [-0.2, 0) is 19.7 Å². The molecule has 2 aromatic rings. The molecule has 2 N–H and O–H groups in total. The van der Waals surface area contributed by atoms with Crippen molar-refractivity contribution in [1.29, 1.82) is 0 Å². The molecule has 2 amide bonds. The minimum Gasteiger partial charge on any atom is -0.454 e. The fourth-order valence-electron chi connectivity index (χ4n) is 2.20. The molecule has 2 rings (SSSR count). The molecule has 0 aliphatic rings. The number of pyridine rings is 1. The number of carbonyl (C=O) groups is 3. The summed E-state index contributed by atoms with van der Waals surface area (Å²) in [5.41, 5.74) is 1.53. The highest BCUT2D eigenvalue weighted by Crippen LogP contribution is 2.22. The van der Waals surface area contributed by atoms with Crippen molar-refractivity contribution in [2.24, 2.45) is 0 Å². The van der Waals surface area contributed by atoms with Crippen molar-refractivity contribution in [2.45, 2.75) is 26.2 Å². The third-order valence-electron chi connectivity index (χ3n) is 3.77. The molecule has 0 spiro atoms. The summed E-state index contributed by atoms with van der Waals surface area (Å²) in [6.45, 7) is 5.41. The lowest BCUT2D eigenvalue weighted by atomic mass is 9.87. The number of amides is 2. The second kappa shape index (κ2) is 9.32. The molecule has 0 aliphatic heterocycles. The number of ether oxygens (including phenoxy) is 1. The van der Waals surface area contributed by atoms with E-state index in [4.69, 9.17) is 16.3 Å². The molecular weight excluding hydrogens is 382 g/mol. The van der Waals surface area contributed by atoms with Crippen molar-refractivity contribution in [3.05, 3.63) is 58.7 Å². The second-order valence-electron chi connectivity index (χ2n) is 7.08. The van der Waals surface area contributed by atoms with Gasteiger partial charge in [0.25, 0.3) is 11.8 Å². The van der Waals surface area contributed by atoms with Crippen LogP contribution in [0.4, 0.5) is 5.82 Å². The molecule has 0 bridgehead atoms. The van der Waals surface area contributed by atoms with Gasteiger partial charge in [-0.15, -0.1) is 0 Å². The monoisotopic (exact) mass is 403 g/mol. The first-order valence-electron chi connectivity index (χ1n) is 8.61. The van der Waals surface area contributed by atoms with E-state index in [1.165, 1.54) is 12.3 Å². The fraction of sp³-hybridized carbons (Fsp3) is 0.300. The normalized spacial score (nSPS) is 10.9. The maximum atomic E-state index is 12.1. The summed E-state index contributed by atoms with van der Waals surface area (Å²) in [5, 5.41) is 5.36. The lowest BCUT2D eigenvalue weighted by molar-refractivity contribution is -0.146. The van der Waals surface area contributed by atoms with Gasteiger partial charge >= 0.3 is 5.97 Å². The molecule has 0 radical (unpaired) electrons. The molecule has 1 heterocycles. The van der Waals surface area contributed by atoms with Crippen LogP contribution in [0.5, 0.6) is 0 Å². The average molecular weight is 404 g/mol. The summed E-state index contributed by atoms with van der Waals surface area (Å²) >= 11 is 5.70. The molecule has 0 aliphatic carbocycles. The molecule has 0 atom stereocenters. The van der Waals surface area contributed by atoms with Crippen molar-refractivity contribution >= 4 is 35.2 Å². The SMILES string of the molecule is CC(C)(C)c1ccc(C(=O)NCC(=O)OCC(=O)Nc2ccc(Cl)cn2)cc1. The number of nitrogens with zero attached hydrogens (tertiary/aromatic N) is 1. The van der Waals surface area contributed by atoms with Gasteiger partial charge < -0.3 is 15.4 Å². The Bertz CT molecular complexity index is 843. The molecule has 148 valence electrons. The topological polar surface area (TPSA) is 97.4 Å². The fourth-order valence-corrected chi connectivity index (χ4v) is 2.31. The number of aromatic nitrogens is 1. The van der Waals surface area contributed by atoms with E-state index in [0.29, 0.717) is 10.6 Å². The summed E-state index contributed by atoms with van der Waals surface area (Å²) in [5.74, 6) is -1.38. The first-order valence-corrected chi connectivity index (χ1v) is 8.99. The van der Waals surface area contributed by atoms with E-state index >= 15 is 0 Å². The summed E-state index contributed by atoms with van der Waals surface area (Å²) < 4.78 is 4.83. The van der Waals surface area contributed by atoms with E-state index < -0.39 is 24.4 Å². The molecule has 0 unspecified atom stereocenters. The first-order chi connectivity index (χ1) is 13.1. The summed E-state index contributed by atoms with van der Waals surface area (Å²) in [6.07, 6.45) is 1.38. The zero-order chi connectivity index (χ0) is 20.7. The molecule has 0 saturated carbocycles. The Morgan fingerprint density at radius 2 is 1.75 bits per heavy atom. The number of anilines is 1. The average Bonchev–Trinajstić information content (AvgIpc) is 2.65. The van der Waals surface area contributed by atoms with Gasteiger partial charge in [0, 0.05) is 11.8 Å². The molecule has 8 heteroatoms. The van der Waals surface area contributed by atoms with Gasteiger partial charge in [0.2, 0.25) is 0 Å². The van der Waals surface area contributed by atoms with Gasteiger partial charge in [0.05, 0.1) is 5.02 Å². The minimum absolute atomic E-state index is 0.0130. The van der Waals surface area contributed by atoms with Gasteiger partial charge in [-0.2, -0.15) is 0 Å². The van der Waals surface area contributed by atoms with E-state index in [1.54, 1.807) is 18.2 Å². The lowest BCUT2D eigenvalue weighted by Gasteiger charge is -2.19. The molecular formula is C20H22ClN3O4. The van der Waals surface area contributed by atoms with Gasteiger partial charge in [-0.1, -0.05) is 44.5 Å². The Labute approximate surface area is 168 Å². The standard InChI is InChI=1S/C20H22ClN3O4/c1-20(2,3)14-6-4-13(5-7-14)19(27)23-11-18(26)28-12-17(25)24-16-9-8-15(21)10-22-16/h4-10H,11-12H2,1-3H3,(H,23,27)(H,22,24,25). The van der Waals surface area contributed by atoms with Crippen molar-refractivity contribution in [3.8, 4) is 0 Å². The molecule has 0 fully saturated rings. The quantitative estimate of drug-likeness (QED) is 0.723. The van der Waals surface area contributed by atoms with Crippen LogP contribution >= 0.6 is 11.6 Å². The predicted molar refractivity (Wildman–Crippen MR) is 106 cm³/mol. The molecule has 1 aromatic heterocycles. The van der Waals surface area contributed by atoms with Crippen LogP contribution in [0.2, 0.25) is 5.02 Å². The first kappa shape index (κ1) is 21.4. The van der Waals surface area contributed by atoms with Crippen molar-refractivity contribution in [1.82, 2.24) is 10.3 Å². The Morgan fingerprint density at radius 1 is 1.07 bits per heavy atom. The van der Waals surface area contributed by atoms with Crippen LogP contribution < -0.4 is 10.6 Å². The number of carbonyl (C=O) groups excluding carboxylic acids is 3. The summed E-state index contributed by atoms with van der Waals surface area (Å²) in [7, 11) is 0. The van der Waals surface area contributed by atoms with E-state index in [1.807, 2.05) is 12.1 Å². The lowest BCUT2D eigenvalue weighted by Crippen LogP contribution is -2.32. The van der Waals surface area contributed by atoms with Gasteiger partial charge in [0.1, 0.15) is 12.4 Å². The molecule has 28 heavy (non-hydrogen) atoms. The third-order valence-corrected chi connectivity index (χ3v) is 3.99. The maximum absolute atomic E-state index is 12.1. The van der Waals surface area contributed by atoms with Gasteiger partial charge in [-0.25, -0.2) is 4.98 Å². The van der Waals surface area contributed by atoms with E-state index in [-0.39, 0.29) is 17.8 Å². The number of benzene rings is 1. The van der Waals surface area contributed by atoms with Crippen molar-refractivity contribution in [2.75, 3.05) is 18.5 Å². The maximum Gasteiger partial charge on any atom is 0.325 e. The van der Waals surface area contributed by atoms with E-state index in [9.17, 15) is 14.4 Å². The number of esters is 1. The number of hydrogen-bond acceptors (Lipinski definition) is 5. The molecule has 7 nitrogen and oxygen atoms in total. The molecule has 1 aromatic carbocycles. The minimum atomic E-state index is -0.723. The molecule has 0 saturated heterocycles. The summed E-state index contributed by atoms with van der Waals surface area (Å²) in [4.78, 5) is 39.4. The van der Waals surface area contributed by atoms with Crippen LogP contribution in [0.1, 0.15) is 36.7 Å². The van der Waals surface area contributed by atoms with Gasteiger partial charge in [-0.3, -0.25) is 14.4 Å². The Hall–Kier alpha value is -2.93. The summed E-state index contributed by atoms with van der Waals surface area (Å²) in [6, 6.07) is 10.2. The Morgan fingerprint density at radius 3 is 2.32 bits per heavy atom. The van der Waals surface area contributed by atoms with Crippen LogP contribution in [0.25, 0.3) is 0 Å². The van der Waals surface area contributed by atoms with Crippen LogP contribution in [-0.4, -0.2) is 35.9 Å². The number of rotatable bonds is 6. The van der Waals surface area contributed by atoms with Crippen molar-refractivity contribution in [3.63, 3.8) is 0 Å². The number of hydrogen-bond donors (Lipinski definition) is 2. The predicted octanol–water partition coefficient (Wildman–Crippen LogP) is 2.94. The smallest absolute Gasteiger partial charge is 0.325 e. The highest BCUT2D eigenvalue weighted by atomic mass is 35.5. The number of nitrogens with one attached hydrogen (secondary N) is 2. The highest BCUT2D eigenvalue weighted by Gasteiger charge is 2.15. The van der Waals surface area contributed by atoms with Crippen LogP contribution in [0, 0.1) is 0 Å². The third kappa shape index (κ3) is 6.66. The highest BCUT2D eigenvalue weighted by molar-refractivity contribution is 6.30. The van der Waals surface area contributed by atoms with E-state index in [0.717, 1.165) is 5.56 Å². The largest absolute Gasteiger partial charge is 0.454 e. The Kier molecular flexibility index (Phi) is 7.12. The zero-order valence-electron chi connectivity index (χ0n) is 15.9. The zero-order valence-corrected chi connectivity index (χ0v) is 16.7. The Balaban J connectivity index is 1.74. The van der Waals surface area contributed by atoms with Gasteiger partial charge in [-0.05, 0) is 35.2 Å².